The van der Waals surface area contributed by atoms with Gasteiger partial charge >= 0.3 is 0 Å². The Morgan fingerprint density at radius 3 is 2.45 bits per heavy atom. The van der Waals surface area contributed by atoms with Crippen LogP contribution in [0.4, 0.5) is 0 Å². The molecule has 1 rings (SSSR count). The van der Waals surface area contributed by atoms with Crippen molar-refractivity contribution in [3.05, 3.63) is 29.3 Å². The van der Waals surface area contributed by atoms with E-state index in [4.69, 9.17) is 4.74 Å². The highest BCUT2D eigenvalue weighted by molar-refractivity contribution is 5.99. The number of ketones is 1. The quantitative estimate of drug-likeness (QED) is 0.748. The second kappa shape index (κ2) is 8.57. The zero-order valence-electron chi connectivity index (χ0n) is 14.2. The number of hydrogen-bond donors (Lipinski definition) is 1. The Kier molecular flexibility index (Phi) is 7.09. The molecule has 0 saturated carbocycles. The average Bonchev–Trinajstić information content (AvgIpc) is 2.52. The van der Waals surface area contributed by atoms with Crippen molar-refractivity contribution in [1.29, 1.82) is 0 Å². The number of ether oxygens (including phenoxy) is 1. The van der Waals surface area contributed by atoms with Crippen LogP contribution < -0.4 is 10.1 Å². The fourth-order valence-electron chi connectivity index (χ4n) is 2.05. The number of rotatable bonds is 8. The highest BCUT2D eigenvalue weighted by atomic mass is 16.5. The first kappa shape index (κ1) is 18.2. The van der Waals surface area contributed by atoms with Gasteiger partial charge in [0.25, 0.3) is 5.91 Å². The van der Waals surface area contributed by atoms with Gasteiger partial charge in [0.15, 0.2) is 12.4 Å². The van der Waals surface area contributed by atoms with E-state index in [1.165, 1.54) is 0 Å². The second-order valence-electron chi connectivity index (χ2n) is 5.77. The van der Waals surface area contributed by atoms with E-state index >= 15 is 0 Å². The molecule has 2 atom stereocenters. The van der Waals surface area contributed by atoms with Crippen LogP contribution in [0.5, 0.6) is 5.75 Å². The monoisotopic (exact) mass is 305 g/mol. The number of Topliss-reactive ketones (excluding diaryl/α,β-unsaturated/α-hetero) is 1. The van der Waals surface area contributed by atoms with Crippen molar-refractivity contribution in [3.8, 4) is 5.75 Å². The summed E-state index contributed by atoms with van der Waals surface area (Å²) in [4.78, 5) is 24.1. The van der Waals surface area contributed by atoms with E-state index in [-0.39, 0.29) is 30.3 Å². The van der Waals surface area contributed by atoms with Crippen molar-refractivity contribution in [2.24, 2.45) is 5.92 Å². The lowest BCUT2D eigenvalue weighted by atomic mass is 9.94. The van der Waals surface area contributed by atoms with E-state index in [1.807, 2.05) is 40.7 Å². The van der Waals surface area contributed by atoms with E-state index in [1.54, 1.807) is 12.1 Å². The van der Waals surface area contributed by atoms with Crippen LogP contribution in [-0.2, 0) is 4.79 Å². The number of amides is 1. The van der Waals surface area contributed by atoms with Gasteiger partial charge in [-0.15, -0.1) is 0 Å². The highest BCUT2D eigenvalue weighted by Gasteiger charge is 2.17. The lowest BCUT2D eigenvalue weighted by molar-refractivity contribution is -0.123. The molecule has 1 aromatic carbocycles. The maximum atomic E-state index is 12.3. The highest BCUT2D eigenvalue weighted by Crippen LogP contribution is 2.24. The minimum Gasteiger partial charge on any atom is -0.483 e. The molecule has 0 aliphatic carbocycles. The smallest absolute Gasteiger partial charge is 0.258 e. The van der Waals surface area contributed by atoms with Crippen LogP contribution in [0.2, 0.25) is 0 Å². The molecule has 22 heavy (non-hydrogen) atoms. The van der Waals surface area contributed by atoms with Gasteiger partial charge in [-0.2, -0.15) is 0 Å². The Morgan fingerprint density at radius 2 is 1.86 bits per heavy atom. The van der Waals surface area contributed by atoms with Gasteiger partial charge in [-0.25, -0.2) is 0 Å². The molecule has 1 aromatic rings. The third kappa shape index (κ3) is 4.86. The summed E-state index contributed by atoms with van der Waals surface area (Å²) < 4.78 is 5.58. The summed E-state index contributed by atoms with van der Waals surface area (Å²) in [5.74, 6) is 0.554. The number of hydrogen-bond acceptors (Lipinski definition) is 3. The summed E-state index contributed by atoms with van der Waals surface area (Å²) in [6.07, 6.45) is 1.68. The molecule has 0 bridgehead atoms. The Bertz CT molecular complexity index is 525. The van der Waals surface area contributed by atoms with Crippen molar-refractivity contribution in [3.63, 3.8) is 0 Å². The number of nitrogens with one attached hydrogen (secondary N) is 1. The van der Waals surface area contributed by atoms with Crippen LogP contribution in [0, 0.1) is 12.8 Å². The molecule has 1 N–H and O–H groups in total. The maximum Gasteiger partial charge on any atom is 0.258 e. The van der Waals surface area contributed by atoms with Gasteiger partial charge in [-0.05, 0) is 32.8 Å². The number of carbonyl (C=O) groups is 2. The summed E-state index contributed by atoms with van der Waals surface area (Å²) in [7, 11) is 0. The molecule has 0 radical (unpaired) electrons. The van der Waals surface area contributed by atoms with E-state index in [2.05, 4.69) is 5.32 Å². The first-order valence-corrected chi connectivity index (χ1v) is 7.96. The molecule has 0 aromatic heterocycles. The molecule has 0 aliphatic rings. The van der Waals surface area contributed by atoms with Crippen LogP contribution >= 0.6 is 0 Å². The molecule has 2 unspecified atom stereocenters. The standard InChI is InChI=1S/C18H27NO3/c1-6-12(3)18(21)15-9-8-10-16(14(15)5)22-11-17(20)19-13(4)7-2/h8-10,12-13H,6-7,11H2,1-5H3,(H,19,20). The van der Waals surface area contributed by atoms with Gasteiger partial charge in [0.05, 0.1) is 0 Å². The van der Waals surface area contributed by atoms with Gasteiger partial charge in [-0.3, -0.25) is 9.59 Å². The average molecular weight is 305 g/mol. The van der Waals surface area contributed by atoms with Crippen LogP contribution in [0.3, 0.4) is 0 Å². The molecule has 0 saturated heterocycles. The lowest BCUT2D eigenvalue weighted by Crippen LogP contribution is -2.35. The fraction of sp³-hybridized carbons (Fsp3) is 0.556. The SMILES string of the molecule is CCC(C)NC(=O)COc1cccc(C(=O)C(C)CC)c1C. The third-order valence-corrected chi connectivity index (χ3v) is 3.99. The summed E-state index contributed by atoms with van der Waals surface area (Å²) in [5, 5.41) is 2.85. The predicted molar refractivity (Wildman–Crippen MR) is 88.4 cm³/mol. The Balaban J connectivity index is 2.77. The molecule has 0 spiro atoms. The van der Waals surface area contributed by atoms with E-state index < -0.39 is 0 Å². The molecule has 4 nitrogen and oxygen atoms in total. The van der Waals surface area contributed by atoms with Crippen LogP contribution in [0.1, 0.15) is 56.5 Å². The zero-order chi connectivity index (χ0) is 16.7. The second-order valence-corrected chi connectivity index (χ2v) is 5.77. The number of carbonyl (C=O) groups excluding carboxylic acids is 2. The van der Waals surface area contributed by atoms with E-state index in [0.29, 0.717) is 11.3 Å². The van der Waals surface area contributed by atoms with Crippen molar-refractivity contribution < 1.29 is 14.3 Å². The molecule has 0 aliphatic heterocycles. The summed E-state index contributed by atoms with van der Waals surface area (Å²) >= 11 is 0. The minimum atomic E-state index is -0.146. The van der Waals surface area contributed by atoms with Gasteiger partial charge in [-0.1, -0.05) is 32.9 Å². The number of benzene rings is 1. The molecule has 4 heteroatoms. The van der Waals surface area contributed by atoms with Gasteiger partial charge < -0.3 is 10.1 Å². The first-order chi connectivity index (χ1) is 10.4. The summed E-state index contributed by atoms with van der Waals surface area (Å²) in [6, 6.07) is 5.54. The molecule has 0 fully saturated rings. The van der Waals surface area contributed by atoms with Gasteiger partial charge in [0, 0.05) is 23.1 Å². The van der Waals surface area contributed by atoms with Gasteiger partial charge in [0.1, 0.15) is 5.75 Å². The normalized spacial score (nSPS) is 13.3. The van der Waals surface area contributed by atoms with Crippen LogP contribution in [-0.4, -0.2) is 24.3 Å². The van der Waals surface area contributed by atoms with Crippen molar-refractivity contribution in [2.45, 2.75) is 53.5 Å². The fourth-order valence-corrected chi connectivity index (χ4v) is 2.05. The molecular weight excluding hydrogens is 278 g/mol. The Morgan fingerprint density at radius 1 is 1.18 bits per heavy atom. The van der Waals surface area contributed by atoms with Gasteiger partial charge in [0.2, 0.25) is 0 Å². The largest absolute Gasteiger partial charge is 0.483 e. The first-order valence-electron chi connectivity index (χ1n) is 7.96. The van der Waals surface area contributed by atoms with E-state index in [0.717, 1.165) is 18.4 Å². The minimum absolute atomic E-state index is 0.0114. The van der Waals surface area contributed by atoms with Crippen molar-refractivity contribution in [2.75, 3.05) is 6.61 Å². The summed E-state index contributed by atoms with van der Waals surface area (Å²) in [6.45, 7) is 9.71. The maximum absolute atomic E-state index is 12.3. The van der Waals surface area contributed by atoms with E-state index in [9.17, 15) is 9.59 Å². The topological polar surface area (TPSA) is 55.4 Å². The zero-order valence-corrected chi connectivity index (χ0v) is 14.2. The third-order valence-electron chi connectivity index (χ3n) is 3.99. The molecule has 122 valence electrons. The molecule has 1 amide bonds. The molecule has 0 heterocycles. The Hall–Kier alpha value is -1.84. The molecular formula is C18H27NO3. The van der Waals surface area contributed by atoms with Crippen LogP contribution in [0.15, 0.2) is 18.2 Å². The predicted octanol–water partition coefficient (Wildman–Crippen LogP) is 3.52. The Labute approximate surface area is 133 Å². The van der Waals surface area contributed by atoms with Crippen molar-refractivity contribution in [1.82, 2.24) is 5.32 Å². The van der Waals surface area contributed by atoms with Crippen LogP contribution in [0.25, 0.3) is 0 Å². The van der Waals surface area contributed by atoms with Crippen molar-refractivity contribution >= 4 is 11.7 Å². The lowest BCUT2D eigenvalue weighted by Gasteiger charge is -2.15. The summed E-state index contributed by atoms with van der Waals surface area (Å²) in [5.41, 5.74) is 1.47.